The molecule has 0 spiro atoms. The molecular formula is C26H38N6O2. The Bertz CT molecular complexity index is 972. The largest absolute Gasteiger partial charge is 0.493 e. The summed E-state index contributed by atoms with van der Waals surface area (Å²) in [6.07, 6.45) is 7.19. The van der Waals surface area contributed by atoms with Gasteiger partial charge in [0.05, 0.1) is 7.11 Å². The minimum absolute atomic E-state index is 0.210. The molecule has 2 aromatic rings. The number of aryl methyl sites for hydroxylation is 1. The zero-order chi connectivity index (χ0) is 23.3. The molecule has 34 heavy (non-hydrogen) atoms. The van der Waals surface area contributed by atoms with Gasteiger partial charge < -0.3 is 25.4 Å². The van der Waals surface area contributed by atoms with Crippen LogP contribution in [0.5, 0.6) is 11.5 Å². The Kier molecular flexibility index (Phi) is 7.35. The number of ether oxygens (including phenoxy) is 2. The first kappa shape index (κ1) is 23.2. The number of piperidine rings is 1. The van der Waals surface area contributed by atoms with Gasteiger partial charge in [-0.1, -0.05) is 0 Å². The molecule has 0 saturated carbocycles. The summed E-state index contributed by atoms with van der Waals surface area (Å²) in [5, 5.41) is 10.5. The molecule has 0 aliphatic carbocycles. The van der Waals surface area contributed by atoms with Crippen molar-refractivity contribution in [1.82, 2.24) is 20.2 Å². The first-order valence-electron chi connectivity index (χ1n) is 12.8. The zero-order valence-electron chi connectivity index (χ0n) is 20.5. The van der Waals surface area contributed by atoms with Crippen LogP contribution in [0.15, 0.2) is 18.2 Å². The molecule has 2 saturated heterocycles. The Morgan fingerprint density at radius 2 is 1.91 bits per heavy atom. The number of hydrogen-bond donors (Lipinski definition) is 3. The van der Waals surface area contributed by atoms with Gasteiger partial charge in [-0.3, -0.25) is 4.90 Å². The predicted molar refractivity (Wildman–Crippen MR) is 136 cm³/mol. The minimum atomic E-state index is 0.210. The number of hydrogen-bond acceptors (Lipinski definition) is 8. The van der Waals surface area contributed by atoms with Gasteiger partial charge in [0.15, 0.2) is 11.5 Å². The summed E-state index contributed by atoms with van der Waals surface area (Å²) in [7, 11) is 1.71. The molecule has 1 atom stereocenters. The van der Waals surface area contributed by atoms with Crippen LogP contribution in [0.1, 0.15) is 43.5 Å². The van der Waals surface area contributed by atoms with Gasteiger partial charge in [-0.2, -0.15) is 0 Å². The second-order valence-electron chi connectivity index (χ2n) is 9.79. The van der Waals surface area contributed by atoms with E-state index in [1.165, 1.54) is 38.8 Å². The highest BCUT2D eigenvalue weighted by Gasteiger charge is 2.28. The summed E-state index contributed by atoms with van der Waals surface area (Å²) < 4.78 is 12.1. The number of aromatic nitrogens is 2. The van der Waals surface area contributed by atoms with Crippen molar-refractivity contribution in [2.75, 3.05) is 57.0 Å². The van der Waals surface area contributed by atoms with E-state index >= 15 is 0 Å². The minimum Gasteiger partial charge on any atom is -0.493 e. The van der Waals surface area contributed by atoms with Crippen LogP contribution in [0.3, 0.4) is 0 Å². The van der Waals surface area contributed by atoms with Crippen molar-refractivity contribution in [3.8, 4) is 11.5 Å². The fraction of sp³-hybridized carbons (Fsp3) is 0.615. The fourth-order valence-corrected chi connectivity index (χ4v) is 5.37. The van der Waals surface area contributed by atoms with E-state index in [1.807, 2.05) is 19.1 Å². The lowest BCUT2D eigenvalue weighted by atomic mass is 9.98. The van der Waals surface area contributed by atoms with Gasteiger partial charge in [-0.05, 0) is 89.7 Å². The third-order valence-corrected chi connectivity index (χ3v) is 7.24. The molecule has 8 nitrogen and oxygen atoms in total. The Morgan fingerprint density at radius 1 is 1.12 bits per heavy atom. The van der Waals surface area contributed by atoms with Gasteiger partial charge in [0, 0.05) is 30.4 Å². The van der Waals surface area contributed by atoms with E-state index in [1.54, 1.807) is 7.11 Å². The molecule has 1 aromatic carbocycles. The lowest BCUT2D eigenvalue weighted by Gasteiger charge is -2.31. The highest BCUT2D eigenvalue weighted by atomic mass is 16.5. The molecule has 2 fully saturated rings. The SMILES string of the molecule is COc1ccc(Nc2cc(NCC3CCNCC3)nc(C)n2)c2c1OC(CN1CCCC1)CC2. The molecule has 3 N–H and O–H groups in total. The summed E-state index contributed by atoms with van der Waals surface area (Å²) >= 11 is 0. The standard InChI is InChI=1S/C26H38N6O2/c1-18-29-24(28-16-19-9-11-27-12-10-19)15-25(30-18)31-22-7-8-23(33-2)26-21(22)6-5-20(34-26)17-32-13-3-4-14-32/h7-8,15,19-20,27H,3-6,9-14,16-17H2,1-2H3,(H2,28,29,30,31). The molecule has 184 valence electrons. The molecule has 8 heteroatoms. The lowest BCUT2D eigenvalue weighted by Crippen LogP contribution is -2.36. The summed E-state index contributed by atoms with van der Waals surface area (Å²) in [5.74, 6) is 4.78. The molecule has 4 heterocycles. The quantitative estimate of drug-likeness (QED) is 0.543. The summed E-state index contributed by atoms with van der Waals surface area (Å²) in [6.45, 7) is 8.46. The third kappa shape index (κ3) is 5.55. The van der Waals surface area contributed by atoms with Crippen molar-refractivity contribution >= 4 is 17.3 Å². The molecule has 0 radical (unpaired) electrons. The van der Waals surface area contributed by atoms with Crippen molar-refractivity contribution in [2.24, 2.45) is 5.92 Å². The van der Waals surface area contributed by atoms with Crippen molar-refractivity contribution in [3.05, 3.63) is 29.6 Å². The fourth-order valence-electron chi connectivity index (χ4n) is 5.37. The van der Waals surface area contributed by atoms with Gasteiger partial charge in [0.2, 0.25) is 0 Å². The number of benzene rings is 1. The van der Waals surface area contributed by atoms with E-state index in [9.17, 15) is 0 Å². The van der Waals surface area contributed by atoms with Crippen LogP contribution in [0.2, 0.25) is 0 Å². The summed E-state index contributed by atoms with van der Waals surface area (Å²) in [4.78, 5) is 11.8. The van der Waals surface area contributed by atoms with E-state index in [2.05, 4.69) is 36.9 Å². The number of nitrogens with one attached hydrogen (secondary N) is 3. The molecule has 3 aliphatic rings. The van der Waals surface area contributed by atoms with E-state index in [-0.39, 0.29) is 6.10 Å². The lowest BCUT2D eigenvalue weighted by molar-refractivity contribution is 0.122. The average molecular weight is 467 g/mol. The number of nitrogens with zero attached hydrogens (tertiary/aromatic N) is 3. The maximum absolute atomic E-state index is 6.49. The first-order valence-corrected chi connectivity index (χ1v) is 12.8. The second-order valence-corrected chi connectivity index (χ2v) is 9.79. The van der Waals surface area contributed by atoms with E-state index in [4.69, 9.17) is 9.47 Å². The number of rotatable bonds is 8. The number of methoxy groups -OCH3 is 1. The topological polar surface area (TPSA) is 83.6 Å². The van der Waals surface area contributed by atoms with Crippen LogP contribution >= 0.6 is 0 Å². The molecule has 3 aliphatic heterocycles. The normalized spacial score (nSPS) is 21.1. The second kappa shape index (κ2) is 10.8. The number of anilines is 3. The van der Waals surface area contributed by atoms with Crippen LogP contribution in [-0.2, 0) is 6.42 Å². The highest BCUT2D eigenvalue weighted by molar-refractivity contribution is 5.69. The maximum atomic E-state index is 6.49. The van der Waals surface area contributed by atoms with E-state index in [0.29, 0.717) is 5.92 Å². The molecule has 1 aromatic heterocycles. The first-order chi connectivity index (χ1) is 16.7. The van der Waals surface area contributed by atoms with Crippen LogP contribution in [0, 0.1) is 12.8 Å². The van der Waals surface area contributed by atoms with Crippen molar-refractivity contribution in [3.63, 3.8) is 0 Å². The van der Waals surface area contributed by atoms with Crippen molar-refractivity contribution in [2.45, 2.75) is 51.6 Å². The van der Waals surface area contributed by atoms with Crippen LogP contribution in [-0.4, -0.2) is 67.4 Å². The molecular weight excluding hydrogens is 428 g/mol. The number of likely N-dealkylation sites (tertiary alicyclic amines) is 1. The van der Waals surface area contributed by atoms with Crippen molar-refractivity contribution in [1.29, 1.82) is 0 Å². The van der Waals surface area contributed by atoms with Gasteiger partial charge in [-0.25, -0.2) is 9.97 Å². The summed E-state index contributed by atoms with van der Waals surface area (Å²) in [5.41, 5.74) is 2.19. The molecule has 5 rings (SSSR count). The predicted octanol–water partition coefficient (Wildman–Crippen LogP) is 3.74. The van der Waals surface area contributed by atoms with Crippen LogP contribution < -0.4 is 25.4 Å². The number of fused-ring (bicyclic) bond motifs is 1. The van der Waals surface area contributed by atoms with E-state index < -0.39 is 0 Å². The maximum Gasteiger partial charge on any atom is 0.166 e. The Balaban J connectivity index is 1.30. The monoisotopic (exact) mass is 466 g/mol. The smallest absolute Gasteiger partial charge is 0.166 e. The molecule has 1 unspecified atom stereocenters. The molecule has 0 amide bonds. The Labute approximate surface area is 202 Å². The highest BCUT2D eigenvalue weighted by Crippen LogP contribution is 2.42. The average Bonchev–Trinajstić information content (AvgIpc) is 3.36. The van der Waals surface area contributed by atoms with Gasteiger partial charge in [0.1, 0.15) is 23.6 Å². The van der Waals surface area contributed by atoms with Crippen molar-refractivity contribution < 1.29 is 9.47 Å². The van der Waals surface area contributed by atoms with Gasteiger partial charge >= 0.3 is 0 Å². The Hall–Kier alpha value is -2.58. The van der Waals surface area contributed by atoms with Crippen LogP contribution in [0.4, 0.5) is 17.3 Å². The van der Waals surface area contributed by atoms with E-state index in [0.717, 1.165) is 79.2 Å². The zero-order valence-corrected chi connectivity index (χ0v) is 20.5. The van der Waals surface area contributed by atoms with Gasteiger partial charge in [-0.15, -0.1) is 0 Å². The summed E-state index contributed by atoms with van der Waals surface area (Å²) in [6, 6.07) is 6.07. The molecule has 0 bridgehead atoms. The van der Waals surface area contributed by atoms with Gasteiger partial charge in [0.25, 0.3) is 0 Å². The van der Waals surface area contributed by atoms with Crippen LogP contribution in [0.25, 0.3) is 0 Å². The third-order valence-electron chi connectivity index (χ3n) is 7.24. The Morgan fingerprint density at radius 3 is 2.71 bits per heavy atom.